The highest BCUT2D eigenvalue weighted by atomic mass is 16.6. The van der Waals surface area contributed by atoms with Crippen molar-refractivity contribution in [1.29, 1.82) is 0 Å². The summed E-state index contributed by atoms with van der Waals surface area (Å²) < 4.78 is 13.4. The van der Waals surface area contributed by atoms with E-state index in [1.165, 1.54) is 18.3 Å². The number of non-ortho nitro benzene ring substituents is 1. The molecule has 0 fully saturated rings. The van der Waals surface area contributed by atoms with Gasteiger partial charge in [-0.05, 0) is 47.4 Å². The number of nitro groups is 1. The van der Waals surface area contributed by atoms with Crippen molar-refractivity contribution in [1.82, 2.24) is 9.99 Å². The molecule has 9 nitrogen and oxygen atoms in total. The Labute approximate surface area is 190 Å². The van der Waals surface area contributed by atoms with Crippen LogP contribution in [0.4, 0.5) is 5.69 Å². The van der Waals surface area contributed by atoms with Crippen LogP contribution in [0.25, 0.3) is 5.69 Å². The highest BCUT2D eigenvalue weighted by Crippen LogP contribution is 2.36. The molecule has 0 unspecified atom stereocenters. The highest BCUT2D eigenvalue weighted by molar-refractivity contribution is 5.84. The molecule has 33 heavy (non-hydrogen) atoms. The number of amides is 1. The fourth-order valence-corrected chi connectivity index (χ4v) is 3.37. The highest BCUT2D eigenvalue weighted by Gasteiger charge is 2.28. The summed E-state index contributed by atoms with van der Waals surface area (Å²) in [7, 11) is 0. The minimum atomic E-state index is -0.827. The molecule has 1 atom stereocenters. The van der Waals surface area contributed by atoms with Gasteiger partial charge in [-0.1, -0.05) is 26.8 Å². The van der Waals surface area contributed by atoms with Crippen LogP contribution in [-0.2, 0) is 10.2 Å². The van der Waals surface area contributed by atoms with Gasteiger partial charge in [-0.15, -0.1) is 0 Å². The fourth-order valence-electron chi connectivity index (χ4n) is 3.37. The normalized spacial score (nSPS) is 15.4. The number of aromatic nitrogens is 1. The maximum atomic E-state index is 12.6. The standard InChI is InChI=1S/C24H24N4O5/c1-24(2,3)16-6-11-20-21(13-16)33-22(15-32-20)23(29)26-25-14-19-5-4-12-27(19)17-7-9-18(10-8-17)28(30)31/h4-14,22H,15H2,1-3H3,(H,26,29)/b25-14-/t22-/m0/s1. The van der Waals surface area contributed by atoms with Crippen molar-refractivity contribution in [2.45, 2.75) is 32.3 Å². The molecule has 4 rings (SSSR count). The second-order valence-corrected chi connectivity index (χ2v) is 8.64. The minimum absolute atomic E-state index is 0.0132. The van der Waals surface area contributed by atoms with E-state index in [2.05, 4.69) is 31.3 Å². The average molecular weight is 448 g/mol. The van der Waals surface area contributed by atoms with Gasteiger partial charge >= 0.3 is 0 Å². The maximum Gasteiger partial charge on any atom is 0.284 e. The van der Waals surface area contributed by atoms with E-state index in [0.717, 1.165) is 11.3 Å². The summed E-state index contributed by atoms with van der Waals surface area (Å²) in [5.41, 5.74) is 4.94. The molecule has 1 N–H and O–H groups in total. The molecule has 3 aromatic rings. The van der Waals surface area contributed by atoms with Crippen molar-refractivity contribution in [3.63, 3.8) is 0 Å². The summed E-state index contributed by atoms with van der Waals surface area (Å²) in [6.45, 7) is 6.39. The van der Waals surface area contributed by atoms with Crippen molar-refractivity contribution in [3.05, 3.63) is 82.2 Å². The third kappa shape index (κ3) is 4.87. The average Bonchev–Trinajstić information content (AvgIpc) is 3.26. The molecule has 2 aromatic carbocycles. The van der Waals surface area contributed by atoms with Gasteiger partial charge in [0, 0.05) is 24.0 Å². The van der Waals surface area contributed by atoms with Gasteiger partial charge in [0.25, 0.3) is 11.6 Å². The van der Waals surface area contributed by atoms with E-state index in [4.69, 9.17) is 9.47 Å². The molecule has 1 aliphatic heterocycles. The number of nitrogens with zero attached hydrogens (tertiary/aromatic N) is 3. The van der Waals surface area contributed by atoms with Gasteiger partial charge in [-0.2, -0.15) is 5.10 Å². The van der Waals surface area contributed by atoms with Crippen LogP contribution in [0, 0.1) is 10.1 Å². The first-order valence-corrected chi connectivity index (χ1v) is 10.4. The number of fused-ring (bicyclic) bond motifs is 1. The minimum Gasteiger partial charge on any atom is -0.485 e. The van der Waals surface area contributed by atoms with Gasteiger partial charge in [0.2, 0.25) is 6.10 Å². The number of carbonyl (C=O) groups is 1. The van der Waals surface area contributed by atoms with Crippen LogP contribution in [0.15, 0.2) is 65.9 Å². The lowest BCUT2D eigenvalue weighted by atomic mass is 9.87. The first-order chi connectivity index (χ1) is 15.7. The van der Waals surface area contributed by atoms with Crippen LogP contribution in [0.3, 0.4) is 0 Å². The summed E-state index contributed by atoms with van der Waals surface area (Å²) in [5, 5.41) is 14.9. The van der Waals surface area contributed by atoms with E-state index < -0.39 is 16.9 Å². The zero-order valence-electron chi connectivity index (χ0n) is 18.5. The largest absolute Gasteiger partial charge is 0.485 e. The van der Waals surface area contributed by atoms with E-state index in [-0.39, 0.29) is 17.7 Å². The number of nitrogens with one attached hydrogen (secondary N) is 1. The van der Waals surface area contributed by atoms with Gasteiger partial charge in [-0.25, -0.2) is 5.43 Å². The number of carbonyl (C=O) groups excluding carboxylic acids is 1. The lowest BCUT2D eigenvalue weighted by molar-refractivity contribution is -0.384. The van der Waals surface area contributed by atoms with Gasteiger partial charge in [0.05, 0.1) is 16.8 Å². The first-order valence-electron chi connectivity index (χ1n) is 10.4. The van der Waals surface area contributed by atoms with Gasteiger partial charge in [-0.3, -0.25) is 14.9 Å². The van der Waals surface area contributed by atoms with Crippen LogP contribution in [-0.4, -0.2) is 34.3 Å². The molecule has 170 valence electrons. The van der Waals surface area contributed by atoms with Crippen molar-refractivity contribution in [2.24, 2.45) is 5.10 Å². The van der Waals surface area contributed by atoms with Crippen molar-refractivity contribution < 1.29 is 19.2 Å². The van der Waals surface area contributed by atoms with Crippen LogP contribution in [0.1, 0.15) is 32.0 Å². The molecular weight excluding hydrogens is 424 g/mol. The lowest BCUT2D eigenvalue weighted by Crippen LogP contribution is -2.42. The van der Waals surface area contributed by atoms with E-state index in [0.29, 0.717) is 17.2 Å². The zero-order valence-corrected chi connectivity index (χ0v) is 18.5. The fraction of sp³-hybridized carbons (Fsp3) is 0.250. The number of hydrogen-bond donors (Lipinski definition) is 1. The van der Waals surface area contributed by atoms with Gasteiger partial charge < -0.3 is 14.0 Å². The number of rotatable bonds is 5. The van der Waals surface area contributed by atoms with Crippen LogP contribution in [0.2, 0.25) is 0 Å². The Morgan fingerprint density at radius 2 is 1.94 bits per heavy atom. The zero-order chi connectivity index (χ0) is 23.6. The lowest BCUT2D eigenvalue weighted by Gasteiger charge is -2.27. The summed E-state index contributed by atoms with van der Waals surface area (Å²) in [6, 6.07) is 15.5. The summed E-state index contributed by atoms with van der Waals surface area (Å²) >= 11 is 0. The Hall–Kier alpha value is -4.14. The number of ether oxygens (including phenoxy) is 2. The topological polar surface area (TPSA) is 108 Å². The Morgan fingerprint density at radius 3 is 2.64 bits per heavy atom. The smallest absolute Gasteiger partial charge is 0.284 e. The third-order valence-electron chi connectivity index (χ3n) is 5.25. The van der Waals surface area contributed by atoms with Gasteiger partial charge in [0.1, 0.15) is 6.61 Å². The molecule has 0 saturated heterocycles. The van der Waals surface area contributed by atoms with Crippen LogP contribution >= 0.6 is 0 Å². The molecule has 0 bridgehead atoms. The van der Waals surface area contributed by atoms with Crippen LogP contribution < -0.4 is 14.9 Å². The molecule has 0 aliphatic carbocycles. The molecular formula is C24H24N4O5. The van der Waals surface area contributed by atoms with E-state index in [1.807, 2.05) is 30.3 Å². The van der Waals surface area contributed by atoms with E-state index >= 15 is 0 Å². The Balaban J connectivity index is 1.42. The molecule has 1 amide bonds. The van der Waals surface area contributed by atoms with Crippen molar-refractivity contribution >= 4 is 17.8 Å². The number of benzene rings is 2. The molecule has 0 radical (unpaired) electrons. The predicted octanol–water partition coefficient (Wildman–Crippen LogP) is 3.97. The first kappa shape index (κ1) is 22.1. The number of hydrogen-bond acceptors (Lipinski definition) is 6. The number of hydrazone groups is 1. The summed E-state index contributed by atoms with van der Waals surface area (Å²) in [4.78, 5) is 23.0. The Bertz CT molecular complexity index is 1210. The van der Waals surface area contributed by atoms with Crippen LogP contribution in [0.5, 0.6) is 11.5 Å². The molecule has 0 saturated carbocycles. The van der Waals surface area contributed by atoms with E-state index in [1.54, 1.807) is 22.9 Å². The Morgan fingerprint density at radius 1 is 1.18 bits per heavy atom. The predicted molar refractivity (Wildman–Crippen MR) is 123 cm³/mol. The SMILES string of the molecule is CC(C)(C)c1ccc2c(c1)O[C@H](C(=O)N/N=C\c1cccn1-c1ccc([N+](=O)[O-])cc1)CO2. The molecule has 1 aromatic heterocycles. The quantitative estimate of drug-likeness (QED) is 0.361. The summed E-state index contributed by atoms with van der Waals surface area (Å²) in [5.74, 6) is 0.716. The third-order valence-corrected chi connectivity index (χ3v) is 5.25. The molecule has 0 spiro atoms. The molecule has 1 aliphatic rings. The van der Waals surface area contributed by atoms with Crippen molar-refractivity contribution in [3.8, 4) is 17.2 Å². The second-order valence-electron chi connectivity index (χ2n) is 8.64. The number of nitro benzene ring substituents is 1. The monoisotopic (exact) mass is 448 g/mol. The van der Waals surface area contributed by atoms with Crippen molar-refractivity contribution in [2.75, 3.05) is 6.61 Å². The Kier molecular flexibility index (Phi) is 5.87. The molecule has 2 heterocycles. The maximum absolute atomic E-state index is 12.6. The molecule has 9 heteroatoms. The van der Waals surface area contributed by atoms with Gasteiger partial charge in [0.15, 0.2) is 11.5 Å². The van der Waals surface area contributed by atoms with E-state index in [9.17, 15) is 14.9 Å². The second kappa shape index (κ2) is 8.78. The summed E-state index contributed by atoms with van der Waals surface area (Å²) in [6.07, 6.45) is 2.47.